The molecule has 24 heavy (non-hydrogen) atoms. The van der Waals surface area contributed by atoms with Crippen LogP contribution in [0.1, 0.15) is 22.8 Å². The van der Waals surface area contributed by atoms with E-state index in [4.69, 9.17) is 0 Å². The molecule has 5 nitrogen and oxygen atoms in total. The van der Waals surface area contributed by atoms with Gasteiger partial charge in [0.25, 0.3) is 5.91 Å². The van der Waals surface area contributed by atoms with Crippen molar-refractivity contribution in [1.82, 2.24) is 9.97 Å². The summed E-state index contributed by atoms with van der Waals surface area (Å²) < 4.78 is 0. The van der Waals surface area contributed by atoms with Crippen LogP contribution in [-0.4, -0.2) is 21.6 Å². The average Bonchev–Trinajstić information content (AvgIpc) is 2.59. The number of rotatable bonds is 5. The molecule has 0 saturated heterocycles. The molecular formula is C18H17N3O2S. The fraction of sp³-hybridized carbons (Fsp3) is 0.167. The quantitative estimate of drug-likeness (QED) is 0.747. The highest BCUT2D eigenvalue weighted by Gasteiger charge is 2.12. The molecule has 0 bridgehead atoms. The number of H-pyrrole nitrogens is 1. The maximum absolute atomic E-state index is 12.6. The summed E-state index contributed by atoms with van der Waals surface area (Å²) in [6.07, 6.45) is 1.68. The van der Waals surface area contributed by atoms with Crippen molar-refractivity contribution in [2.24, 2.45) is 0 Å². The second-order valence-electron chi connectivity index (χ2n) is 5.23. The minimum Gasteiger partial charge on any atom is -0.322 e. The molecule has 2 N–H and O–H groups in total. The number of thioether (sulfide) groups is 1. The van der Waals surface area contributed by atoms with E-state index in [2.05, 4.69) is 22.2 Å². The highest BCUT2D eigenvalue weighted by Crippen LogP contribution is 2.18. The molecule has 0 aliphatic rings. The molecule has 122 valence electrons. The lowest BCUT2D eigenvalue weighted by atomic mass is 10.1. The van der Waals surface area contributed by atoms with E-state index in [1.807, 2.05) is 30.3 Å². The molecular weight excluding hydrogens is 322 g/mol. The number of aromatic amines is 1. The van der Waals surface area contributed by atoms with Gasteiger partial charge in [-0.15, -0.1) is 0 Å². The van der Waals surface area contributed by atoms with Crippen molar-refractivity contribution in [2.75, 3.05) is 11.1 Å². The van der Waals surface area contributed by atoms with E-state index in [0.29, 0.717) is 22.3 Å². The standard InChI is InChI=1S/C18H17N3O2S/c1-2-24-11-12-7-8-19-16(9-12)21-18(23)14-10-17(22)20-15-6-4-3-5-13(14)15/h3-10H,2,11H2,1H3,(H,20,22)(H,19,21,23). The molecule has 0 saturated carbocycles. The lowest BCUT2D eigenvalue weighted by Crippen LogP contribution is -2.17. The number of nitrogens with one attached hydrogen (secondary N) is 2. The summed E-state index contributed by atoms with van der Waals surface area (Å²) in [5.41, 5.74) is 1.77. The number of aromatic nitrogens is 2. The largest absolute Gasteiger partial charge is 0.322 e. The van der Waals surface area contributed by atoms with Gasteiger partial charge in [0.1, 0.15) is 5.82 Å². The predicted octanol–water partition coefficient (Wildman–Crippen LogP) is 3.43. The zero-order valence-electron chi connectivity index (χ0n) is 13.2. The number of hydrogen-bond acceptors (Lipinski definition) is 4. The van der Waals surface area contributed by atoms with Crippen molar-refractivity contribution >= 4 is 34.4 Å². The third-order valence-electron chi connectivity index (χ3n) is 3.53. The second-order valence-corrected chi connectivity index (χ2v) is 6.51. The van der Waals surface area contributed by atoms with E-state index >= 15 is 0 Å². The molecule has 2 heterocycles. The van der Waals surface area contributed by atoms with Crippen molar-refractivity contribution in [2.45, 2.75) is 12.7 Å². The SMILES string of the molecule is CCSCc1ccnc(NC(=O)c2cc(=O)[nH]c3ccccc23)c1. The van der Waals surface area contributed by atoms with Crippen LogP contribution in [0.15, 0.2) is 53.5 Å². The van der Waals surface area contributed by atoms with Crippen LogP contribution < -0.4 is 10.9 Å². The Morgan fingerprint density at radius 3 is 2.92 bits per heavy atom. The fourth-order valence-electron chi connectivity index (χ4n) is 2.43. The molecule has 3 rings (SSSR count). The molecule has 0 fully saturated rings. The van der Waals surface area contributed by atoms with Gasteiger partial charge in [0.2, 0.25) is 5.56 Å². The number of benzene rings is 1. The Balaban J connectivity index is 1.89. The van der Waals surface area contributed by atoms with E-state index < -0.39 is 0 Å². The number of nitrogens with zero attached hydrogens (tertiary/aromatic N) is 1. The van der Waals surface area contributed by atoms with E-state index in [1.165, 1.54) is 6.07 Å². The van der Waals surface area contributed by atoms with Crippen LogP contribution in [-0.2, 0) is 5.75 Å². The third-order valence-corrected chi connectivity index (χ3v) is 4.48. The van der Waals surface area contributed by atoms with E-state index in [9.17, 15) is 9.59 Å². The van der Waals surface area contributed by atoms with Crippen LogP contribution in [0.25, 0.3) is 10.9 Å². The van der Waals surface area contributed by atoms with E-state index in [1.54, 1.807) is 24.0 Å². The molecule has 0 aliphatic heterocycles. The smallest absolute Gasteiger partial charge is 0.257 e. The van der Waals surface area contributed by atoms with Gasteiger partial charge in [0.15, 0.2) is 0 Å². The zero-order valence-corrected chi connectivity index (χ0v) is 14.0. The summed E-state index contributed by atoms with van der Waals surface area (Å²) >= 11 is 1.80. The molecule has 0 radical (unpaired) electrons. The predicted molar refractivity (Wildman–Crippen MR) is 98.6 cm³/mol. The van der Waals surface area contributed by atoms with Crippen molar-refractivity contribution in [1.29, 1.82) is 0 Å². The highest BCUT2D eigenvalue weighted by molar-refractivity contribution is 7.98. The number of fused-ring (bicyclic) bond motifs is 1. The van der Waals surface area contributed by atoms with Gasteiger partial charge in [-0.1, -0.05) is 25.1 Å². The monoisotopic (exact) mass is 339 g/mol. The molecule has 6 heteroatoms. The minimum atomic E-state index is -0.343. The van der Waals surface area contributed by atoms with Crippen LogP contribution >= 0.6 is 11.8 Å². The van der Waals surface area contributed by atoms with Crippen molar-refractivity contribution in [3.8, 4) is 0 Å². The molecule has 3 aromatic rings. The number of carbonyl (C=O) groups is 1. The summed E-state index contributed by atoms with van der Waals surface area (Å²) in [6.45, 7) is 2.10. The lowest BCUT2D eigenvalue weighted by Gasteiger charge is -2.08. The Bertz CT molecular complexity index is 937. The Morgan fingerprint density at radius 1 is 1.25 bits per heavy atom. The van der Waals surface area contributed by atoms with Gasteiger partial charge < -0.3 is 10.3 Å². The summed E-state index contributed by atoms with van der Waals surface area (Å²) in [5, 5.41) is 3.48. The number of para-hydroxylation sites is 1. The number of hydrogen-bond donors (Lipinski definition) is 2. The van der Waals surface area contributed by atoms with Gasteiger partial charge in [-0.05, 0) is 29.5 Å². The summed E-state index contributed by atoms with van der Waals surface area (Å²) in [5.74, 6) is 2.04. The second kappa shape index (κ2) is 7.31. The fourth-order valence-corrected chi connectivity index (χ4v) is 3.05. The zero-order chi connectivity index (χ0) is 16.9. The van der Waals surface area contributed by atoms with E-state index in [0.717, 1.165) is 17.1 Å². The Kier molecular flexibility index (Phi) is 4.96. The maximum atomic E-state index is 12.6. The molecule has 0 spiro atoms. The first-order chi connectivity index (χ1) is 11.7. The maximum Gasteiger partial charge on any atom is 0.257 e. The first kappa shape index (κ1) is 16.3. The molecule has 0 unspecified atom stereocenters. The molecule has 2 aromatic heterocycles. The summed E-state index contributed by atoms with van der Waals surface area (Å²) in [7, 11) is 0. The number of amides is 1. The summed E-state index contributed by atoms with van der Waals surface area (Å²) in [6, 6.07) is 12.3. The average molecular weight is 339 g/mol. The van der Waals surface area contributed by atoms with Crippen LogP contribution in [0, 0.1) is 0 Å². The van der Waals surface area contributed by atoms with Crippen LogP contribution in [0.2, 0.25) is 0 Å². The van der Waals surface area contributed by atoms with Gasteiger partial charge in [0, 0.05) is 28.9 Å². The van der Waals surface area contributed by atoms with Crippen molar-refractivity contribution in [3.05, 3.63) is 70.1 Å². The van der Waals surface area contributed by atoms with Crippen molar-refractivity contribution in [3.63, 3.8) is 0 Å². The third kappa shape index (κ3) is 3.65. The topological polar surface area (TPSA) is 74.8 Å². The van der Waals surface area contributed by atoms with E-state index in [-0.39, 0.29) is 11.5 Å². The van der Waals surface area contributed by atoms with Gasteiger partial charge in [-0.2, -0.15) is 11.8 Å². The Hall–Kier alpha value is -2.60. The van der Waals surface area contributed by atoms with Crippen molar-refractivity contribution < 1.29 is 4.79 Å². The lowest BCUT2D eigenvalue weighted by molar-refractivity contribution is 0.102. The number of carbonyl (C=O) groups excluding carboxylic acids is 1. The van der Waals surface area contributed by atoms with Crippen LogP contribution in [0.3, 0.4) is 0 Å². The van der Waals surface area contributed by atoms with Crippen LogP contribution in [0.5, 0.6) is 0 Å². The van der Waals surface area contributed by atoms with Gasteiger partial charge in [0.05, 0.1) is 5.56 Å². The number of anilines is 1. The minimum absolute atomic E-state index is 0.306. The normalized spacial score (nSPS) is 10.7. The van der Waals surface area contributed by atoms with Crippen LogP contribution in [0.4, 0.5) is 5.82 Å². The number of pyridine rings is 2. The molecule has 1 amide bonds. The molecule has 0 atom stereocenters. The Labute approximate surface area is 143 Å². The first-order valence-electron chi connectivity index (χ1n) is 7.63. The van der Waals surface area contributed by atoms with Gasteiger partial charge in [-0.3, -0.25) is 9.59 Å². The molecule has 1 aromatic carbocycles. The summed E-state index contributed by atoms with van der Waals surface area (Å²) in [4.78, 5) is 31.3. The highest BCUT2D eigenvalue weighted by atomic mass is 32.2. The van der Waals surface area contributed by atoms with Gasteiger partial charge in [-0.25, -0.2) is 4.98 Å². The molecule has 0 aliphatic carbocycles. The Morgan fingerprint density at radius 2 is 2.08 bits per heavy atom. The first-order valence-corrected chi connectivity index (χ1v) is 8.79. The van der Waals surface area contributed by atoms with Gasteiger partial charge >= 0.3 is 0 Å².